The van der Waals surface area contributed by atoms with Gasteiger partial charge in [-0.3, -0.25) is 4.98 Å². The van der Waals surface area contributed by atoms with E-state index in [-0.39, 0.29) is 6.10 Å². The molecule has 1 unspecified atom stereocenters. The minimum Gasteiger partial charge on any atom is -0.492 e. The van der Waals surface area contributed by atoms with Gasteiger partial charge in [-0.2, -0.15) is 0 Å². The second kappa shape index (κ2) is 6.34. The van der Waals surface area contributed by atoms with Gasteiger partial charge in [0.2, 0.25) is 0 Å². The summed E-state index contributed by atoms with van der Waals surface area (Å²) in [7, 11) is 0. The minimum atomic E-state index is -0.387. The predicted octanol–water partition coefficient (Wildman–Crippen LogP) is 3.59. The number of benzene rings is 1. The second-order valence-electron chi connectivity index (χ2n) is 4.36. The number of aromatic nitrogens is 1. The maximum atomic E-state index is 9.75. The maximum absolute atomic E-state index is 9.75. The van der Waals surface area contributed by atoms with Gasteiger partial charge in [-0.1, -0.05) is 31.2 Å². The summed E-state index contributed by atoms with van der Waals surface area (Å²) in [5.41, 5.74) is 2.88. The van der Waals surface area contributed by atoms with Crippen LogP contribution in [0.15, 0.2) is 42.6 Å². The van der Waals surface area contributed by atoms with Crippen LogP contribution in [0.1, 0.15) is 31.9 Å². The summed E-state index contributed by atoms with van der Waals surface area (Å²) in [4.78, 5) is 4.37. The Morgan fingerprint density at radius 1 is 1.11 bits per heavy atom. The van der Waals surface area contributed by atoms with E-state index in [1.165, 1.54) is 0 Å². The van der Waals surface area contributed by atoms with Gasteiger partial charge < -0.3 is 9.84 Å². The van der Waals surface area contributed by atoms with Gasteiger partial charge in [0, 0.05) is 5.56 Å². The van der Waals surface area contributed by atoms with Crippen LogP contribution in [0.25, 0.3) is 11.3 Å². The molecule has 2 rings (SSSR count). The van der Waals surface area contributed by atoms with Crippen molar-refractivity contribution >= 4 is 0 Å². The Bertz CT molecular complexity index is 505. The molecule has 0 saturated heterocycles. The van der Waals surface area contributed by atoms with E-state index in [4.69, 9.17) is 4.74 Å². The van der Waals surface area contributed by atoms with Crippen LogP contribution in [-0.2, 0) is 0 Å². The van der Waals surface area contributed by atoms with Crippen molar-refractivity contribution in [1.29, 1.82) is 0 Å². The Morgan fingerprint density at radius 2 is 1.84 bits per heavy atom. The van der Waals surface area contributed by atoms with Crippen LogP contribution >= 0.6 is 0 Å². The molecule has 0 radical (unpaired) electrons. The van der Waals surface area contributed by atoms with Gasteiger partial charge in [0.05, 0.1) is 24.6 Å². The van der Waals surface area contributed by atoms with Crippen LogP contribution in [0.2, 0.25) is 0 Å². The van der Waals surface area contributed by atoms with E-state index < -0.39 is 0 Å². The van der Waals surface area contributed by atoms with E-state index in [2.05, 4.69) is 4.98 Å². The average molecular weight is 257 g/mol. The van der Waals surface area contributed by atoms with Crippen LogP contribution in [0.5, 0.6) is 5.75 Å². The van der Waals surface area contributed by atoms with Gasteiger partial charge in [-0.05, 0) is 31.0 Å². The molecule has 0 amide bonds. The molecule has 0 saturated carbocycles. The van der Waals surface area contributed by atoms with E-state index in [0.717, 1.165) is 29.0 Å². The molecule has 3 nitrogen and oxygen atoms in total. The molecule has 2 aromatic rings. The maximum Gasteiger partial charge on any atom is 0.137 e. The van der Waals surface area contributed by atoms with Crippen LogP contribution in [0.4, 0.5) is 0 Å². The first-order chi connectivity index (χ1) is 9.24. The summed E-state index contributed by atoms with van der Waals surface area (Å²) >= 11 is 0. The minimum absolute atomic E-state index is 0.387. The molecular formula is C16H19NO2. The zero-order valence-electron chi connectivity index (χ0n) is 11.3. The lowest BCUT2D eigenvalue weighted by molar-refractivity contribution is 0.173. The van der Waals surface area contributed by atoms with Gasteiger partial charge in [0.15, 0.2) is 0 Å². The highest BCUT2D eigenvalue weighted by Gasteiger charge is 2.05. The average Bonchev–Trinajstić information content (AvgIpc) is 2.48. The fourth-order valence-corrected chi connectivity index (χ4v) is 1.91. The first kappa shape index (κ1) is 13.6. The van der Waals surface area contributed by atoms with Crippen molar-refractivity contribution in [2.45, 2.75) is 26.4 Å². The van der Waals surface area contributed by atoms with Crippen molar-refractivity contribution in [2.75, 3.05) is 6.61 Å². The van der Waals surface area contributed by atoms with Gasteiger partial charge in [-0.25, -0.2) is 0 Å². The second-order valence-corrected chi connectivity index (χ2v) is 4.36. The highest BCUT2D eigenvalue weighted by atomic mass is 16.5. The summed E-state index contributed by atoms with van der Waals surface area (Å²) < 4.78 is 5.37. The zero-order valence-corrected chi connectivity index (χ0v) is 11.3. The van der Waals surface area contributed by atoms with Crippen molar-refractivity contribution in [2.24, 2.45) is 0 Å². The largest absolute Gasteiger partial charge is 0.492 e. The van der Waals surface area contributed by atoms with Crippen molar-refractivity contribution in [3.05, 3.63) is 48.2 Å². The molecule has 1 aromatic carbocycles. The van der Waals surface area contributed by atoms with Crippen LogP contribution in [0, 0.1) is 0 Å². The van der Waals surface area contributed by atoms with Crippen molar-refractivity contribution in [3.63, 3.8) is 0 Å². The quantitative estimate of drug-likeness (QED) is 0.890. The molecule has 1 atom stereocenters. The Hall–Kier alpha value is -1.87. The summed E-state index contributed by atoms with van der Waals surface area (Å²) in [5.74, 6) is 0.782. The SMILES string of the molecule is CCOc1ccc(-c2ccc(C(O)CC)cc2)nc1. The summed E-state index contributed by atoms with van der Waals surface area (Å²) in [5, 5.41) is 9.75. The zero-order chi connectivity index (χ0) is 13.7. The van der Waals surface area contributed by atoms with Crippen LogP contribution in [0.3, 0.4) is 0 Å². The third kappa shape index (κ3) is 3.32. The molecule has 0 bridgehead atoms. The van der Waals surface area contributed by atoms with Crippen molar-refractivity contribution in [3.8, 4) is 17.0 Å². The fraction of sp³-hybridized carbons (Fsp3) is 0.312. The first-order valence-electron chi connectivity index (χ1n) is 6.61. The number of ether oxygens (including phenoxy) is 1. The van der Waals surface area contributed by atoms with Gasteiger partial charge in [-0.15, -0.1) is 0 Å². The number of hydrogen-bond acceptors (Lipinski definition) is 3. The highest BCUT2D eigenvalue weighted by molar-refractivity contribution is 5.59. The molecule has 0 aliphatic carbocycles. The molecule has 1 aromatic heterocycles. The van der Waals surface area contributed by atoms with Gasteiger partial charge in [0.1, 0.15) is 5.75 Å². The van der Waals surface area contributed by atoms with Crippen molar-refractivity contribution in [1.82, 2.24) is 4.98 Å². The van der Waals surface area contributed by atoms with Gasteiger partial charge >= 0.3 is 0 Å². The Morgan fingerprint density at radius 3 is 2.37 bits per heavy atom. The van der Waals surface area contributed by atoms with E-state index in [1.807, 2.05) is 50.2 Å². The molecule has 1 heterocycles. The predicted molar refractivity (Wildman–Crippen MR) is 76.1 cm³/mol. The van der Waals surface area contributed by atoms with E-state index in [0.29, 0.717) is 6.61 Å². The number of rotatable bonds is 5. The molecule has 19 heavy (non-hydrogen) atoms. The molecule has 3 heteroatoms. The molecule has 100 valence electrons. The third-order valence-electron chi connectivity index (χ3n) is 3.03. The monoisotopic (exact) mass is 257 g/mol. The standard InChI is InChI=1S/C16H19NO2/c1-3-16(18)13-7-5-12(6-8-13)15-10-9-14(11-17-15)19-4-2/h5-11,16,18H,3-4H2,1-2H3. The molecular weight excluding hydrogens is 238 g/mol. The molecule has 0 aliphatic heterocycles. The number of hydrogen-bond donors (Lipinski definition) is 1. The van der Waals surface area contributed by atoms with Crippen LogP contribution in [-0.4, -0.2) is 16.7 Å². The first-order valence-corrected chi connectivity index (χ1v) is 6.61. The van der Waals surface area contributed by atoms with E-state index >= 15 is 0 Å². The molecule has 1 N–H and O–H groups in total. The third-order valence-corrected chi connectivity index (χ3v) is 3.03. The Kier molecular flexibility index (Phi) is 4.53. The topological polar surface area (TPSA) is 42.4 Å². The number of aliphatic hydroxyl groups is 1. The normalized spacial score (nSPS) is 12.2. The Balaban J connectivity index is 2.17. The Labute approximate surface area is 113 Å². The lowest BCUT2D eigenvalue weighted by Crippen LogP contribution is -1.95. The smallest absolute Gasteiger partial charge is 0.137 e. The molecule has 0 spiro atoms. The number of pyridine rings is 1. The molecule has 0 fully saturated rings. The van der Waals surface area contributed by atoms with Crippen molar-refractivity contribution < 1.29 is 9.84 Å². The lowest BCUT2D eigenvalue weighted by Gasteiger charge is -2.09. The van der Waals surface area contributed by atoms with Crippen LogP contribution < -0.4 is 4.74 Å². The summed E-state index contributed by atoms with van der Waals surface area (Å²) in [6.45, 7) is 4.56. The van der Waals surface area contributed by atoms with E-state index in [9.17, 15) is 5.11 Å². The summed E-state index contributed by atoms with van der Waals surface area (Å²) in [6, 6.07) is 11.7. The lowest BCUT2D eigenvalue weighted by atomic mass is 10.0. The number of nitrogens with zero attached hydrogens (tertiary/aromatic N) is 1. The highest BCUT2D eigenvalue weighted by Crippen LogP contribution is 2.23. The molecule has 0 aliphatic rings. The summed E-state index contributed by atoms with van der Waals surface area (Å²) in [6.07, 6.45) is 2.07. The number of aliphatic hydroxyl groups excluding tert-OH is 1. The fourth-order valence-electron chi connectivity index (χ4n) is 1.91. The van der Waals surface area contributed by atoms with E-state index in [1.54, 1.807) is 6.20 Å². The van der Waals surface area contributed by atoms with Gasteiger partial charge in [0.25, 0.3) is 0 Å².